The molecular formula is C17H14F2N4O. The van der Waals surface area contributed by atoms with E-state index in [-0.39, 0.29) is 5.91 Å². The molecular weight excluding hydrogens is 314 g/mol. The lowest BCUT2D eigenvalue weighted by atomic mass is 10.0. The Morgan fingerprint density at radius 3 is 2.83 bits per heavy atom. The third-order valence-electron chi connectivity index (χ3n) is 4.34. The third-order valence-corrected chi connectivity index (χ3v) is 4.34. The second kappa shape index (κ2) is 5.36. The molecule has 3 heterocycles. The number of aromatic amines is 1. The Labute approximate surface area is 136 Å². The minimum absolute atomic E-state index is 0.0422. The number of pyridine rings is 1. The zero-order valence-electron chi connectivity index (χ0n) is 12.9. The molecule has 0 spiro atoms. The number of carbonyl (C=O) groups excluding carboxylic acids is 1. The van der Waals surface area contributed by atoms with Crippen LogP contribution in [-0.4, -0.2) is 32.5 Å². The average molecular weight is 328 g/mol. The lowest BCUT2D eigenvalue weighted by Gasteiger charge is -2.27. The molecule has 0 bridgehead atoms. The van der Waals surface area contributed by atoms with Gasteiger partial charge in [0.15, 0.2) is 11.6 Å². The summed E-state index contributed by atoms with van der Waals surface area (Å²) in [4.78, 5) is 17.9. The number of amides is 1. The highest BCUT2D eigenvalue weighted by Crippen LogP contribution is 2.28. The van der Waals surface area contributed by atoms with E-state index in [4.69, 9.17) is 0 Å². The van der Waals surface area contributed by atoms with Gasteiger partial charge >= 0.3 is 0 Å². The highest BCUT2D eigenvalue weighted by molar-refractivity contribution is 5.92. The summed E-state index contributed by atoms with van der Waals surface area (Å²) >= 11 is 0. The molecule has 0 fully saturated rings. The van der Waals surface area contributed by atoms with Crippen LogP contribution in [0.4, 0.5) is 8.78 Å². The normalized spacial score (nSPS) is 14.0. The molecule has 0 saturated heterocycles. The number of halogens is 2. The lowest BCUT2D eigenvalue weighted by molar-refractivity contribution is -0.129. The maximum Gasteiger partial charge on any atom is 0.219 e. The van der Waals surface area contributed by atoms with Gasteiger partial charge in [-0.3, -0.25) is 14.9 Å². The Bertz CT molecular complexity index is 967. The van der Waals surface area contributed by atoms with Gasteiger partial charge in [-0.25, -0.2) is 8.78 Å². The molecule has 1 amide bonds. The topological polar surface area (TPSA) is 61.9 Å². The van der Waals surface area contributed by atoms with Crippen molar-refractivity contribution in [2.75, 3.05) is 6.54 Å². The standard InChI is InChI=1S/C17H14F2N4O/c1-9(24)23-5-4-14-10(8-23)2-3-15(20-14)17-11-6-12(18)13(19)7-16(11)21-22-17/h2-3,6-7H,4-5,8H2,1H3,(H,21,22). The highest BCUT2D eigenvalue weighted by Gasteiger charge is 2.21. The zero-order chi connectivity index (χ0) is 16.8. The molecule has 1 aliphatic rings. The summed E-state index contributed by atoms with van der Waals surface area (Å²) in [6.07, 6.45) is 0.661. The molecule has 0 aliphatic carbocycles. The van der Waals surface area contributed by atoms with Gasteiger partial charge in [0.25, 0.3) is 0 Å². The quantitative estimate of drug-likeness (QED) is 0.747. The van der Waals surface area contributed by atoms with Crippen molar-refractivity contribution in [3.63, 3.8) is 0 Å². The zero-order valence-corrected chi connectivity index (χ0v) is 12.9. The second-order valence-electron chi connectivity index (χ2n) is 5.88. The Morgan fingerprint density at radius 1 is 1.25 bits per heavy atom. The first-order valence-corrected chi connectivity index (χ1v) is 7.61. The van der Waals surface area contributed by atoms with Crippen molar-refractivity contribution in [3.05, 3.63) is 47.2 Å². The molecule has 0 unspecified atom stereocenters. The first-order valence-electron chi connectivity index (χ1n) is 7.61. The van der Waals surface area contributed by atoms with Crippen molar-refractivity contribution in [1.29, 1.82) is 0 Å². The predicted molar refractivity (Wildman–Crippen MR) is 84.0 cm³/mol. The number of rotatable bonds is 1. The Kier molecular flexibility index (Phi) is 3.30. The van der Waals surface area contributed by atoms with Gasteiger partial charge in [0.2, 0.25) is 5.91 Å². The van der Waals surface area contributed by atoms with Crippen molar-refractivity contribution in [2.45, 2.75) is 19.9 Å². The van der Waals surface area contributed by atoms with E-state index in [2.05, 4.69) is 15.2 Å². The molecule has 0 atom stereocenters. The van der Waals surface area contributed by atoms with Crippen LogP contribution in [0.15, 0.2) is 24.3 Å². The fraction of sp³-hybridized carbons (Fsp3) is 0.235. The fourth-order valence-corrected chi connectivity index (χ4v) is 3.02. The summed E-state index contributed by atoms with van der Waals surface area (Å²) < 4.78 is 26.9. The molecule has 0 saturated carbocycles. The summed E-state index contributed by atoms with van der Waals surface area (Å²) in [6.45, 7) is 2.72. The minimum atomic E-state index is -0.916. The first-order chi connectivity index (χ1) is 11.5. The van der Waals surface area contributed by atoms with Gasteiger partial charge < -0.3 is 4.90 Å². The number of carbonyl (C=O) groups is 1. The van der Waals surface area contributed by atoms with Crippen LogP contribution in [0, 0.1) is 11.6 Å². The van der Waals surface area contributed by atoms with Crippen LogP contribution < -0.4 is 0 Å². The van der Waals surface area contributed by atoms with E-state index in [0.29, 0.717) is 41.8 Å². The number of H-pyrrole nitrogens is 1. The summed E-state index contributed by atoms with van der Waals surface area (Å²) in [5.41, 5.74) is 3.41. The van der Waals surface area contributed by atoms with Gasteiger partial charge in [-0.1, -0.05) is 6.07 Å². The average Bonchev–Trinajstić information content (AvgIpc) is 2.97. The van der Waals surface area contributed by atoms with E-state index < -0.39 is 11.6 Å². The molecule has 2 aromatic heterocycles. The Hall–Kier alpha value is -2.83. The molecule has 1 aromatic carbocycles. The van der Waals surface area contributed by atoms with Crippen LogP contribution in [0.25, 0.3) is 22.3 Å². The van der Waals surface area contributed by atoms with Crippen molar-refractivity contribution in [3.8, 4) is 11.4 Å². The molecule has 1 aliphatic heterocycles. The maximum absolute atomic E-state index is 13.5. The molecule has 0 radical (unpaired) electrons. The number of nitrogens with zero attached hydrogens (tertiary/aromatic N) is 3. The summed E-state index contributed by atoms with van der Waals surface area (Å²) in [7, 11) is 0. The molecule has 4 rings (SSSR count). The number of hydrogen-bond acceptors (Lipinski definition) is 3. The molecule has 5 nitrogen and oxygen atoms in total. The van der Waals surface area contributed by atoms with E-state index in [1.807, 2.05) is 6.07 Å². The van der Waals surface area contributed by atoms with Crippen LogP contribution in [0.2, 0.25) is 0 Å². The van der Waals surface area contributed by atoms with Crippen molar-refractivity contribution < 1.29 is 13.6 Å². The number of nitrogens with one attached hydrogen (secondary N) is 1. The summed E-state index contributed by atoms with van der Waals surface area (Å²) in [6, 6.07) is 5.92. The number of fused-ring (bicyclic) bond motifs is 2. The fourth-order valence-electron chi connectivity index (χ4n) is 3.02. The molecule has 24 heavy (non-hydrogen) atoms. The van der Waals surface area contributed by atoms with Crippen LogP contribution in [0.1, 0.15) is 18.2 Å². The second-order valence-corrected chi connectivity index (χ2v) is 5.88. The van der Waals surface area contributed by atoms with Crippen molar-refractivity contribution in [2.24, 2.45) is 0 Å². The number of hydrogen-bond donors (Lipinski definition) is 1. The predicted octanol–water partition coefficient (Wildman–Crippen LogP) is 2.81. The number of benzene rings is 1. The van der Waals surface area contributed by atoms with Crippen LogP contribution >= 0.6 is 0 Å². The Morgan fingerprint density at radius 2 is 2.04 bits per heavy atom. The molecule has 3 aromatic rings. The lowest BCUT2D eigenvalue weighted by Crippen LogP contribution is -2.34. The molecule has 1 N–H and O–H groups in total. The highest BCUT2D eigenvalue weighted by atomic mass is 19.2. The van der Waals surface area contributed by atoms with E-state index in [1.165, 1.54) is 0 Å². The van der Waals surface area contributed by atoms with Crippen LogP contribution in [0.5, 0.6) is 0 Å². The van der Waals surface area contributed by atoms with Crippen LogP contribution in [-0.2, 0) is 17.8 Å². The summed E-state index contributed by atoms with van der Waals surface area (Å²) in [5.74, 6) is -1.79. The van der Waals surface area contributed by atoms with Crippen LogP contribution in [0.3, 0.4) is 0 Å². The van der Waals surface area contributed by atoms with Gasteiger partial charge in [0.05, 0.1) is 11.2 Å². The SMILES string of the molecule is CC(=O)N1CCc2nc(-c3n[nH]c4cc(F)c(F)cc34)ccc2C1. The van der Waals surface area contributed by atoms with Crippen molar-refractivity contribution >= 4 is 16.8 Å². The van der Waals surface area contributed by atoms with Gasteiger partial charge in [0.1, 0.15) is 5.69 Å². The third kappa shape index (κ3) is 2.33. The van der Waals surface area contributed by atoms with Crippen molar-refractivity contribution in [1.82, 2.24) is 20.1 Å². The van der Waals surface area contributed by atoms with Gasteiger partial charge in [-0.2, -0.15) is 5.10 Å². The Balaban J connectivity index is 1.76. The monoisotopic (exact) mass is 328 g/mol. The maximum atomic E-state index is 13.5. The molecule has 7 heteroatoms. The van der Waals surface area contributed by atoms with Gasteiger partial charge in [0, 0.05) is 43.6 Å². The smallest absolute Gasteiger partial charge is 0.219 e. The minimum Gasteiger partial charge on any atom is -0.338 e. The van der Waals surface area contributed by atoms with Gasteiger partial charge in [-0.15, -0.1) is 0 Å². The largest absolute Gasteiger partial charge is 0.338 e. The molecule has 122 valence electrons. The van der Waals surface area contributed by atoms with E-state index >= 15 is 0 Å². The summed E-state index contributed by atoms with van der Waals surface area (Å²) in [5, 5.41) is 7.35. The number of aromatic nitrogens is 3. The van der Waals surface area contributed by atoms with E-state index in [0.717, 1.165) is 23.4 Å². The van der Waals surface area contributed by atoms with E-state index in [1.54, 1.807) is 17.9 Å². The van der Waals surface area contributed by atoms with E-state index in [9.17, 15) is 13.6 Å². The van der Waals surface area contributed by atoms with Gasteiger partial charge in [-0.05, 0) is 17.7 Å². The first kappa shape index (κ1) is 14.7.